The Morgan fingerprint density at radius 2 is 1.14 bits per heavy atom. The van der Waals surface area contributed by atoms with E-state index in [2.05, 4.69) is 13.2 Å². The van der Waals surface area contributed by atoms with Crippen molar-refractivity contribution in [3.8, 4) is 22.6 Å². The summed E-state index contributed by atoms with van der Waals surface area (Å²) in [5.41, 5.74) is 3.95. The second-order valence-electron chi connectivity index (χ2n) is 9.30. The molecule has 0 bridgehead atoms. The fourth-order valence-electron chi connectivity index (χ4n) is 3.88. The van der Waals surface area contributed by atoms with Crippen molar-refractivity contribution in [2.45, 2.75) is 32.1 Å². The van der Waals surface area contributed by atoms with Crippen LogP contribution >= 0.6 is 0 Å². The van der Waals surface area contributed by atoms with Crippen LogP contribution in [0.3, 0.4) is 0 Å². The molecule has 0 heterocycles. The molecule has 0 amide bonds. The summed E-state index contributed by atoms with van der Waals surface area (Å²) in [5.74, 6) is -0.0554. The molecule has 0 aliphatic heterocycles. The van der Waals surface area contributed by atoms with Gasteiger partial charge in [-0.05, 0) is 78.3 Å². The predicted molar refractivity (Wildman–Crippen MR) is 163 cm³/mol. The highest BCUT2D eigenvalue weighted by Gasteiger charge is 2.04. The molecule has 0 fully saturated rings. The average molecular weight is 569 g/mol. The maximum absolute atomic E-state index is 12.3. The number of ether oxygens (including phenoxy) is 4. The summed E-state index contributed by atoms with van der Waals surface area (Å²) in [5, 5.41) is 0. The number of hydrogen-bond donors (Lipinski definition) is 0. The van der Waals surface area contributed by atoms with Crippen molar-refractivity contribution >= 4 is 24.0 Å². The van der Waals surface area contributed by atoms with Crippen LogP contribution in [0, 0.1) is 0 Å². The number of benzene rings is 3. The Bertz CT molecular complexity index is 1340. The van der Waals surface area contributed by atoms with E-state index in [9.17, 15) is 14.4 Å². The number of rotatable bonds is 17. The van der Waals surface area contributed by atoms with Gasteiger partial charge in [0.05, 0.1) is 19.8 Å². The third-order valence-electron chi connectivity index (χ3n) is 6.17. The zero-order valence-corrected chi connectivity index (χ0v) is 23.7. The Kier molecular flexibility index (Phi) is 13.3. The molecule has 0 N–H and O–H groups in total. The highest BCUT2D eigenvalue weighted by atomic mass is 16.5. The van der Waals surface area contributed by atoms with Gasteiger partial charge in [0.25, 0.3) is 0 Å². The largest absolute Gasteiger partial charge is 0.494 e. The van der Waals surface area contributed by atoms with E-state index in [1.54, 1.807) is 18.2 Å². The molecule has 218 valence electrons. The van der Waals surface area contributed by atoms with Crippen molar-refractivity contribution in [2.24, 2.45) is 0 Å². The van der Waals surface area contributed by atoms with Crippen molar-refractivity contribution in [3.05, 3.63) is 115 Å². The molecule has 3 aromatic carbocycles. The molecule has 42 heavy (non-hydrogen) atoms. The second-order valence-corrected chi connectivity index (χ2v) is 9.30. The minimum absolute atomic E-state index is 0.256. The van der Waals surface area contributed by atoms with Crippen LogP contribution in [0.1, 0.15) is 36.8 Å². The molecular formula is C35H36O7. The molecule has 0 unspecified atom stereocenters. The average Bonchev–Trinajstić information content (AvgIpc) is 3.02. The van der Waals surface area contributed by atoms with Gasteiger partial charge in [-0.2, -0.15) is 0 Å². The van der Waals surface area contributed by atoms with Gasteiger partial charge in [0, 0.05) is 24.6 Å². The Hall–Kier alpha value is -4.91. The molecule has 7 nitrogen and oxygen atoms in total. The van der Waals surface area contributed by atoms with Gasteiger partial charge in [-0.3, -0.25) is 0 Å². The predicted octanol–water partition coefficient (Wildman–Crippen LogP) is 6.91. The van der Waals surface area contributed by atoms with Crippen molar-refractivity contribution in [2.75, 3.05) is 19.8 Å². The van der Waals surface area contributed by atoms with E-state index in [4.69, 9.17) is 18.9 Å². The third-order valence-corrected chi connectivity index (χ3v) is 6.17. The van der Waals surface area contributed by atoms with Crippen LogP contribution in [0.25, 0.3) is 17.2 Å². The summed E-state index contributed by atoms with van der Waals surface area (Å²) >= 11 is 0. The molecule has 0 atom stereocenters. The van der Waals surface area contributed by atoms with Gasteiger partial charge in [0.2, 0.25) is 0 Å². The van der Waals surface area contributed by atoms with Crippen LogP contribution < -0.4 is 9.47 Å². The molecule has 3 aromatic rings. The van der Waals surface area contributed by atoms with Crippen LogP contribution in [0.4, 0.5) is 0 Å². The topological polar surface area (TPSA) is 88.1 Å². The fraction of sp³-hybridized carbons (Fsp3) is 0.229. The first kappa shape index (κ1) is 31.6. The lowest BCUT2D eigenvalue weighted by atomic mass is 10.0. The first-order valence-electron chi connectivity index (χ1n) is 13.9. The highest BCUT2D eigenvalue weighted by Crippen LogP contribution is 2.23. The maximum atomic E-state index is 12.3. The molecule has 3 rings (SSSR count). The lowest BCUT2D eigenvalue weighted by molar-refractivity contribution is -0.138. The quantitative estimate of drug-likeness (QED) is 0.0756. The lowest BCUT2D eigenvalue weighted by Crippen LogP contribution is -2.05. The van der Waals surface area contributed by atoms with E-state index in [0.29, 0.717) is 25.4 Å². The Balaban J connectivity index is 1.37. The van der Waals surface area contributed by atoms with Crippen LogP contribution in [-0.2, 0) is 30.3 Å². The number of unbranched alkanes of at least 4 members (excludes halogenated alkanes) is 3. The Morgan fingerprint density at radius 1 is 0.595 bits per heavy atom. The molecular weight excluding hydrogens is 532 g/mol. The maximum Gasteiger partial charge on any atom is 0.336 e. The third kappa shape index (κ3) is 11.7. The van der Waals surface area contributed by atoms with E-state index in [-0.39, 0.29) is 12.6 Å². The standard InChI is InChI=1S/C35H36O7/c1-3-33(36)40-25-8-6-5-7-24-39-31-20-16-30(17-21-31)29-14-9-27(10-15-29)13-22-35(38)42-32-18-11-28(12-19-32)23-26-41-34(37)4-2/h3-4,9-22H,1-2,5-8,23-26H2. The van der Waals surface area contributed by atoms with Gasteiger partial charge in [-0.1, -0.05) is 61.7 Å². The van der Waals surface area contributed by atoms with Crippen LogP contribution in [0.2, 0.25) is 0 Å². The highest BCUT2D eigenvalue weighted by molar-refractivity contribution is 5.88. The van der Waals surface area contributed by atoms with Crippen molar-refractivity contribution in [3.63, 3.8) is 0 Å². The number of esters is 3. The summed E-state index contributed by atoms with van der Waals surface area (Å²) in [7, 11) is 0. The zero-order chi connectivity index (χ0) is 30.0. The zero-order valence-electron chi connectivity index (χ0n) is 23.7. The van der Waals surface area contributed by atoms with E-state index >= 15 is 0 Å². The molecule has 7 heteroatoms. The number of carbonyl (C=O) groups is 3. The summed E-state index contributed by atoms with van der Waals surface area (Å²) in [4.78, 5) is 34.3. The molecule has 0 spiro atoms. The van der Waals surface area contributed by atoms with Gasteiger partial charge in [-0.15, -0.1) is 0 Å². The molecule has 0 radical (unpaired) electrons. The second kappa shape index (κ2) is 17.7. The van der Waals surface area contributed by atoms with E-state index in [1.165, 1.54) is 12.2 Å². The van der Waals surface area contributed by atoms with Crippen LogP contribution in [0.15, 0.2) is 104 Å². The van der Waals surface area contributed by atoms with Gasteiger partial charge in [0.15, 0.2) is 0 Å². The molecule has 0 aromatic heterocycles. The minimum atomic E-state index is -0.476. The van der Waals surface area contributed by atoms with Crippen molar-refractivity contribution in [1.82, 2.24) is 0 Å². The SMILES string of the molecule is C=CC(=O)OCCCCCCOc1ccc(-c2ccc(C=CC(=O)Oc3ccc(CCOC(=O)C=C)cc3)cc2)cc1. The monoisotopic (exact) mass is 568 g/mol. The van der Waals surface area contributed by atoms with Crippen LogP contribution in [-0.4, -0.2) is 37.7 Å². The van der Waals surface area contributed by atoms with E-state index < -0.39 is 11.9 Å². The van der Waals surface area contributed by atoms with E-state index in [0.717, 1.165) is 59.8 Å². The van der Waals surface area contributed by atoms with Crippen molar-refractivity contribution in [1.29, 1.82) is 0 Å². The number of carbonyl (C=O) groups excluding carboxylic acids is 3. The fourth-order valence-corrected chi connectivity index (χ4v) is 3.88. The Labute approximate surface area is 247 Å². The van der Waals surface area contributed by atoms with Gasteiger partial charge in [0.1, 0.15) is 11.5 Å². The first-order chi connectivity index (χ1) is 20.5. The number of hydrogen-bond acceptors (Lipinski definition) is 7. The van der Waals surface area contributed by atoms with Gasteiger partial charge >= 0.3 is 17.9 Å². The summed E-state index contributed by atoms with van der Waals surface area (Å²) in [6.45, 7) is 8.05. The lowest BCUT2D eigenvalue weighted by Gasteiger charge is -2.08. The van der Waals surface area contributed by atoms with Gasteiger partial charge < -0.3 is 18.9 Å². The Morgan fingerprint density at radius 3 is 1.76 bits per heavy atom. The summed E-state index contributed by atoms with van der Waals surface area (Å²) in [6, 6.07) is 22.9. The van der Waals surface area contributed by atoms with Crippen molar-refractivity contribution < 1.29 is 33.3 Å². The molecule has 0 saturated carbocycles. The smallest absolute Gasteiger partial charge is 0.336 e. The summed E-state index contributed by atoms with van der Waals surface area (Å²) < 4.78 is 21.1. The molecule has 0 aliphatic rings. The first-order valence-corrected chi connectivity index (χ1v) is 13.9. The summed E-state index contributed by atoms with van der Waals surface area (Å²) in [6.07, 6.45) is 9.71. The molecule has 0 saturated heterocycles. The van der Waals surface area contributed by atoms with Gasteiger partial charge in [-0.25, -0.2) is 14.4 Å². The van der Waals surface area contributed by atoms with Crippen LogP contribution in [0.5, 0.6) is 11.5 Å². The molecule has 0 aliphatic carbocycles. The van der Waals surface area contributed by atoms with E-state index in [1.807, 2.05) is 60.7 Å². The normalized spacial score (nSPS) is 10.6. The minimum Gasteiger partial charge on any atom is -0.494 e.